The van der Waals surface area contributed by atoms with Crippen LogP contribution < -0.4 is 10.1 Å². The zero-order chi connectivity index (χ0) is 15.1. The Morgan fingerprint density at radius 1 is 1.05 bits per heavy atom. The van der Waals surface area contributed by atoms with E-state index in [9.17, 15) is 5.11 Å². The Labute approximate surface area is 126 Å². The van der Waals surface area contributed by atoms with E-state index >= 15 is 0 Å². The smallest absolute Gasteiger partial charge is 0.123 e. The Hall–Kier alpha value is -1.84. The highest BCUT2D eigenvalue weighted by atomic mass is 16.5. The molecule has 0 amide bonds. The van der Waals surface area contributed by atoms with Crippen LogP contribution in [0.5, 0.6) is 5.75 Å². The number of aliphatic hydroxyl groups excluding tert-OH is 1. The molecular weight excluding hydrogens is 262 g/mol. The normalized spacial score (nSPS) is 13.7. The predicted octanol–water partition coefficient (Wildman–Crippen LogP) is 3.47. The molecule has 0 aromatic heterocycles. The van der Waals surface area contributed by atoms with E-state index in [0.717, 1.165) is 11.3 Å². The van der Waals surface area contributed by atoms with Crippen molar-refractivity contribution in [3.05, 3.63) is 65.7 Å². The van der Waals surface area contributed by atoms with E-state index in [-0.39, 0.29) is 18.7 Å². The molecule has 2 rings (SSSR count). The maximum absolute atomic E-state index is 9.32. The van der Waals surface area contributed by atoms with Crippen LogP contribution in [-0.4, -0.2) is 18.8 Å². The molecule has 0 radical (unpaired) electrons. The Bertz CT molecular complexity index is 542. The molecule has 21 heavy (non-hydrogen) atoms. The number of ether oxygens (including phenoxy) is 1. The highest BCUT2D eigenvalue weighted by Crippen LogP contribution is 2.27. The summed E-state index contributed by atoms with van der Waals surface area (Å²) in [5, 5.41) is 12.9. The number of para-hydroxylation sites is 1. The highest BCUT2D eigenvalue weighted by molar-refractivity contribution is 5.35. The first-order chi connectivity index (χ1) is 10.3. The third-order valence-electron chi connectivity index (χ3n) is 3.68. The second-order valence-electron chi connectivity index (χ2n) is 5.11. The minimum atomic E-state index is 0.121. The van der Waals surface area contributed by atoms with Crippen LogP contribution in [-0.2, 0) is 0 Å². The number of hydrogen-bond donors (Lipinski definition) is 2. The van der Waals surface area contributed by atoms with Crippen molar-refractivity contribution >= 4 is 0 Å². The topological polar surface area (TPSA) is 41.5 Å². The standard InChI is InChI=1S/C18H23NO2/c1-14(16-10-6-7-11-18(16)21-2)19-17(12-13-20)15-8-4-3-5-9-15/h3-11,14,17,19-20H,12-13H2,1-2H3/t14?,17-/m1/s1. The summed E-state index contributed by atoms with van der Waals surface area (Å²) in [5.74, 6) is 0.883. The first kappa shape index (κ1) is 15.5. The van der Waals surface area contributed by atoms with Crippen LogP contribution in [0, 0.1) is 0 Å². The lowest BCUT2D eigenvalue weighted by Crippen LogP contribution is -2.25. The van der Waals surface area contributed by atoms with Gasteiger partial charge in [-0.25, -0.2) is 0 Å². The Balaban J connectivity index is 2.16. The van der Waals surface area contributed by atoms with Gasteiger partial charge in [0.2, 0.25) is 0 Å². The Morgan fingerprint density at radius 3 is 2.38 bits per heavy atom. The highest BCUT2D eigenvalue weighted by Gasteiger charge is 2.17. The van der Waals surface area contributed by atoms with E-state index in [2.05, 4.69) is 30.4 Å². The summed E-state index contributed by atoms with van der Waals surface area (Å²) in [6, 6.07) is 18.5. The summed E-state index contributed by atoms with van der Waals surface area (Å²) in [4.78, 5) is 0. The Kier molecular flexibility index (Phi) is 5.78. The molecular formula is C18H23NO2. The lowest BCUT2D eigenvalue weighted by Gasteiger charge is -2.24. The molecule has 112 valence electrons. The monoisotopic (exact) mass is 285 g/mol. The predicted molar refractivity (Wildman–Crippen MR) is 85.4 cm³/mol. The molecule has 1 unspecified atom stereocenters. The van der Waals surface area contributed by atoms with E-state index in [0.29, 0.717) is 6.42 Å². The van der Waals surface area contributed by atoms with Crippen molar-refractivity contribution in [3.8, 4) is 5.75 Å². The van der Waals surface area contributed by atoms with E-state index in [4.69, 9.17) is 4.74 Å². The minimum absolute atomic E-state index is 0.121. The van der Waals surface area contributed by atoms with Crippen molar-refractivity contribution in [1.82, 2.24) is 5.32 Å². The molecule has 2 N–H and O–H groups in total. The number of hydrogen-bond acceptors (Lipinski definition) is 3. The van der Waals surface area contributed by atoms with Gasteiger partial charge < -0.3 is 15.2 Å². The molecule has 0 bridgehead atoms. The largest absolute Gasteiger partial charge is 0.496 e. The van der Waals surface area contributed by atoms with Gasteiger partial charge in [0.15, 0.2) is 0 Å². The molecule has 0 aliphatic rings. The van der Waals surface area contributed by atoms with Gasteiger partial charge in [0, 0.05) is 24.3 Å². The summed E-state index contributed by atoms with van der Waals surface area (Å²) >= 11 is 0. The van der Waals surface area contributed by atoms with Crippen molar-refractivity contribution in [2.75, 3.05) is 13.7 Å². The fraction of sp³-hybridized carbons (Fsp3) is 0.333. The first-order valence-corrected chi connectivity index (χ1v) is 7.31. The number of methoxy groups -OCH3 is 1. The quantitative estimate of drug-likeness (QED) is 0.818. The van der Waals surface area contributed by atoms with Gasteiger partial charge in [0.05, 0.1) is 7.11 Å². The van der Waals surface area contributed by atoms with Gasteiger partial charge in [-0.05, 0) is 25.0 Å². The van der Waals surface area contributed by atoms with Gasteiger partial charge in [-0.15, -0.1) is 0 Å². The van der Waals surface area contributed by atoms with Crippen molar-refractivity contribution in [2.45, 2.75) is 25.4 Å². The van der Waals surface area contributed by atoms with Gasteiger partial charge >= 0.3 is 0 Å². The maximum atomic E-state index is 9.32. The summed E-state index contributed by atoms with van der Waals surface area (Å²) < 4.78 is 5.42. The molecule has 3 nitrogen and oxygen atoms in total. The summed E-state index contributed by atoms with van der Waals surface area (Å²) in [6.45, 7) is 2.27. The van der Waals surface area contributed by atoms with Crippen LogP contribution in [0.4, 0.5) is 0 Å². The molecule has 0 fully saturated rings. The lowest BCUT2D eigenvalue weighted by atomic mass is 10.0. The van der Waals surface area contributed by atoms with Crippen molar-refractivity contribution in [2.24, 2.45) is 0 Å². The summed E-state index contributed by atoms with van der Waals surface area (Å²) in [7, 11) is 1.69. The fourth-order valence-electron chi connectivity index (χ4n) is 2.58. The van der Waals surface area contributed by atoms with E-state index < -0.39 is 0 Å². The van der Waals surface area contributed by atoms with Crippen LogP contribution in [0.25, 0.3) is 0 Å². The van der Waals surface area contributed by atoms with E-state index in [1.807, 2.05) is 36.4 Å². The zero-order valence-corrected chi connectivity index (χ0v) is 12.6. The van der Waals surface area contributed by atoms with Crippen LogP contribution in [0.15, 0.2) is 54.6 Å². The molecule has 0 aliphatic heterocycles. The molecule has 0 aliphatic carbocycles. The molecule has 0 saturated heterocycles. The molecule has 2 aromatic carbocycles. The van der Waals surface area contributed by atoms with Crippen LogP contribution in [0.1, 0.15) is 36.6 Å². The lowest BCUT2D eigenvalue weighted by molar-refractivity contribution is 0.260. The van der Waals surface area contributed by atoms with Gasteiger partial charge in [0.25, 0.3) is 0 Å². The first-order valence-electron chi connectivity index (χ1n) is 7.31. The van der Waals surface area contributed by atoms with Crippen LogP contribution in [0.2, 0.25) is 0 Å². The number of aliphatic hydroxyl groups is 1. The maximum Gasteiger partial charge on any atom is 0.123 e. The van der Waals surface area contributed by atoms with Crippen molar-refractivity contribution in [3.63, 3.8) is 0 Å². The van der Waals surface area contributed by atoms with Crippen molar-refractivity contribution in [1.29, 1.82) is 0 Å². The molecule has 2 atom stereocenters. The SMILES string of the molecule is COc1ccccc1C(C)N[C@H](CCO)c1ccccc1. The Morgan fingerprint density at radius 2 is 1.71 bits per heavy atom. The molecule has 0 spiro atoms. The fourth-order valence-corrected chi connectivity index (χ4v) is 2.58. The molecule has 3 heteroatoms. The molecule has 0 heterocycles. The third kappa shape index (κ3) is 4.06. The molecule has 0 saturated carbocycles. The average molecular weight is 285 g/mol. The number of benzene rings is 2. The van der Waals surface area contributed by atoms with Gasteiger partial charge in [0.1, 0.15) is 5.75 Å². The van der Waals surface area contributed by atoms with Crippen molar-refractivity contribution < 1.29 is 9.84 Å². The second-order valence-corrected chi connectivity index (χ2v) is 5.11. The van der Waals surface area contributed by atoms with Gasteiger partial charge in [-0.1, -0.05) is 48.5 Å². The zero-order valence-electron chi connectivity index (χ0n) is 12.6. The molecule has 2 aromatic rings. The number of nitrogens with one attached hydrogen (secondary N) is 1. The van der Waals surface area contributed by atoms with Gasteiger partial charge in [-0.3, -0.25) is 0 Å². The van der Waals surface area contributed by atoms with E-state index in [1.165, 1.54) is 5.56 Å². The van der Waals surface area contributed by atoms with Crippen LogP contribution >= 0.6 is 0 Å². The van der Waals surface area contributed by atoms with Gasteiger partial charge in [-0.2, -0.15) is 0 Å². The second kappa shape index (κ2) is 7.81. The summed E-state index contributed by atoms with van der Waals surface area (Å²) in [5.41, 5.74) is 2.31. The van der Waals surface area contributed by atoms with Crippen LogP contribution in [0.3, 0.4) is 0 Å². The average Bonchev–Trinajstić information content (AvgIpc) is 2.55. The van der Waals surface area contributed by atoms with E-state index in [1.54, 1.807) is 7.11 Å². The number of rotatable bonds is 7. The minimum Gasteiger partial charge on any atom is -0.496 e. The third-order valence-corrected chi connectivity index (χ3v) is 3.68. The summed E-state index contributed by atoms with van der Waals surface area (Å²) in [6.07, 6.45) is 0.684.